The fraction of sp³-hybridized carbons (Fsp3) is 0.391. The van der Waals surface area contributed by atoms with Crippen molar-refractivity contribution in [3.63, 3.8) is 0 Å². The van der Waals surface area contributed by atoms with E-state index in [-0.39, 0.29) is 24.0 Å². The minimum atomic E-state index is -0.225. The summed E-state index contributed by atoms with van der Waals surface area (Å²) in [6.07, 6.45) is 0.657. The lowest BCUT2D eigenvalue weighted by molar-refractivity contribution is 0.0742. The van der Waals surface area contributed by atoms with Gasteiger partial charge in [-0.3, -0.25) is 9.59 Å². The summed E-state index contributed by atoms with van der Waals surface area (Å²) in [7, 11) is 0. The Kier molecular flexibility index (Phi) is 6.02. The van der Waals surface area contributed by atoms with Gasteiger partial charge in [0.2, 0.25) is 0 Å². The van der Waals surface area contributed by atoms with Gasteiger partial charge in [0.25, 0.3) is 11.8 Å². The average molecular weight is 380 g/mol. The maximum atomic E-state index is 12.8. The summed E-state index contributed by atoms with van der Waals surface area (Å²) in [5.41, 5.74) is 3.15. The number of carbonyl (C=O) groups is 2. The van der Waals surface area contributed by atoms with Crippen LogP contribution < -0.4 is 10.6 Å². The highest BCUT2D eigenvalue weighted by molar-refractivity contribution is 5.99. The predicted octanol–water partition coefficient (Wildman–Crippen LogP) is 4.44. The van der Waals surface area contributed by atoms with E-state index < -0.39 is 0 Å². The van der Waals surface area contributed by atoms with Gasteiger partial charge in [0.15, 0.2) is 0 Å². The Labute approximate surface area is 167 Å². The van der Waals surface area contributed by atoms with Crippen LogP contribution in [-0.2, 0) is 0 Å². The molecule has 3 rings (SSSR count). The standard InChI is InChI=1S/C23H29N3O2/c1-5-13-26-21(19-11-6-7-12-20(19)23(26)28)25-18-10-8-9-17(14-18)22(27)24-16(4)15(2)3/h6-12,14-16,21,25H,5,13H2,1-4H3,(H,24,27)/t16-,21+/m1/s1. The molecule has 0 radical (unpaired) electrons. The number of amides is 2. The number of hydrogen-bond donors (Lipinski definition) is 2. The van der Waals surface area contributed by atoms with Crippen molar-refractivity contribution in [2.75, 3.05) is 11.9 Å². The van der Waals surface area contributed by atoms with Crippen molar-refractivity contribution in [3.05, 3.63) is 65.2 Å². The monoisotopic (exact) mass is 379 g/mol. The number of nitrogens with zero attached hydrogens (tertiary/aromatic N) is 1. The number of rotatable bonds is 7. The number of benzene rings is 2. The number of nitrogens with one attached hydrogen (secondary N) is 2. The van der Waals surface area contributed by atoms with Crippen LogP contribution in [0.25, 0.3) is 0 Å². The van der Waals surface area contributed by atoms with Crippen LogP contribution in [0.1, 0.15) is 66.6 Å². The van der Waals surface area contributed by atoms with Crippen molar-refractivity contribution in [1.82, 2.24) is 10.2 Å². The normalized spacial score (nSPS) is 16.8. The van der Waals surface area contributed by atoms with Crippen molar-refractivity contribution in [2.45, 2.75) is 46.3 Å². The Morgan fingerprint density at radius 1 is 1.11 bits per heavy atom. The van der Waals surface area contributed by atoms with Crippen LogP contribution in [0, 0.1) is 5.92 Å². The Balaban J connectivity index is 1.83. The number of fused-ring (bicyclic) bond motifs is 1. The minimum Gasteiger partial charge on any atom is -0.361 e. The molecule has 0 aliphatic carbocycles. The van der Waals surface area contributed by atoms with E-state index in [4.69, 9.17) is 0 Å². The smallest absolute Gasteiger partial charge is 0.256 e. The molecular formula is C23H29N3O2. The van der Waals surface area contributed by atoms with Gasteiger partial charge < -0.3 is 15.5 Å². The molecule has 2 amide bonds. The molecule has 1 aliphatic rings. The largest absolute Gasteiger partial charge is 0.361 e. The van der Waals surface area contributed by atoms with Gasteiger partial charge in [0, 0.05) is 35.0 Å². The van der Waals surface area contributed by atoms with Crippen molar-refractivity contribution >= 4 is 17.5 Å². The van der Waals surface area contributed by atoms with E-state index >= 15 is 0 Å². The van der Waals surface area contributed by atoms with Crippen LogP contribution in [0.5, 0.6) is 0 Å². The van der Waals surface area contributed by atoms with Gasteiger partial charge >= 0.3 is 0 Å². The second-order valence-electron chi connectivity index (χ2n) is 7.72. The molecule has 0 saturated carbocycles. The zero-order valence-corrected chi connectivity index (χ0v) is 17.0. The molecule has 0 saturated heterocycles. The lowest BCUT2D eigenvalue weighted by Crippen LogP contribution is -2.36. The summed E-state index contributed by atoms with van der Waals surface area (Å²) in [6.45, 7) is 8.92. The van der Waals surface area contributed by atoms with Crippen molar-refractivity contribution in [2.24, 2.45) is 5.92 Å². The summed E-state index contributed by atoms with van der Waals surface area (Å²) < 4.78 is 0. The van der Waals surface area contributed by atoms with Gasteiger partial charge in [-0.25, -0.2) is 0 Å². The number of hydrogen-bond acceptors (Lipinski definition) is 3. The van der Waals surface area contributed by atoms with E-state index in [1.165, 1.54) is 0 Å². The molecule has 0 bridgehead atoms. The first-order chi connectivity index (χ1) is 13.4. The Bertz CT molecular complexity index is 862. The minimum absolute atomic E-state index is 0.0506. The Hall–Kier alpha value is -2.82. The van der Waals surface area contributed by atoms with Crippen LogP contribution >= 0.6 is 0 Å². The maximum Gasteiger partial charge on any atom is 0.256 e. The third-order valence-corrected chi connectivity index (χ3v) is 5.31. The molecule has 28 heavy (non-hydrogen) atoms. The summed E-state index contributed by atoms with van der Waals surface area (Å²) >= 11 is 0. The zero-order valence-electron chi connectivity index (χ0n) is 17.0. The van der Waals surface area contributed by atoms with Gasteiger partial charge in [-0.2, -0.15) is 0 Å². The van der Waals surface area contributed by atoms with E-state index in [1.54, 1.807) is 0 Å². The molecule has 5 heteroatoms. The van der Waals surface area contributed by atoms with Crippen LogP contribution in [0.2, 0.25) is 0 Å². The molecule has 2 aromatic rings. The quantitative estimate of drug-likeness (QED) is 0.748. The van der Waals surface area contributed by atoms with Crippen LogP contribution in [0.15, 0.2) is 48.5 Å². The Morgan fingerprint density at radius 2 is 1.86 bits per heavy atom. The average Bonchev–Trinajstić information content (AvgIpc) is 2.94. The highest BCUT2D eigenvalue weighted by Gasteiger charge is 2.35. The second kappa shape index (κ2) is 8.46. The summed E-state index contributed by atoms with van der Waals surface area (Å²) in [5.74, 6) is 0.335. The summed E-state index contributed by atoms with van der Waals surface area (Å²) in [4.78, 5) is 27.2. The van der Waals surface area contributed by atoms with Gasteiger partial charge in [0.1, 0.15) is 6.17 Å². The molecular weight excluding hydrogens is 350 g/mol. The molecule has 0 aromatic heterocycles. The summed E-state index contributed by atoms with van der Waals surface area (Å²) in [5, 5.41) is 6.50. The molecule has 1 heterocycles. The molecule has 1 aliphatic heterocycles. The van der Waals surface area contributed by atoms with Crippen molar-refractivity contribution in [1.29, 1.82) is 0 Å². The first-order valence-corrected chi connectivity index (χ1v) is 9.99. The van der Waals surface area contributed by atoms with E-state index in [2.05, 4.69) is 31.4 Å². The first-order valence-electron chi connectivity index (χ1n) is 9.99. The van der Waals surface area contributed by atoms with Gasteiger partial charge in [-0.1, -0.05) is 45.0 Å². The van der Waals surface area contributed by atoms with E-state index in [1.807, 2.05) is 60.4 Å². The number of anilines is 1. The lowest BCUT2D eigenvalue weighted by atomic mass is 10.1. The fourth-order valence-electron chi connectivity index (χ4n) is 3.36. The topological polar surface area (TPSA) is 61.4 Å². The maximum absolute atomic E-state index is 12.8. The van der Waals surface area contributed by atoms with Crippen LogP contribution in [0.3, 0.4) is 0 Å². The van der Waals surface area contributed by atoms with Gasteiger partial charge in [0.05, 0.1) is 0 Å². The number of carbonyl (C=O) groups excluding carboxylic acids is 2. The second-order valence-corrected chi connectivity index (χ2v) is 7.72. The molecule has 5 nitrogen and oxygen atoms in total. The van der Waals surface area contributed by atoms with Crippen LogP contribution in [-0.4, -0.2) is 29.3 Å². The third-order valence-electron chi connectivity index (χ3n) is 5.31. The summed E-state index contributed by atoms with van der Waals surface area (Å²) in [6, 6.07) is 15.3. The van der Waals surface area contributed by atoms with E-state index in [9.17, 15) is 9.59 Å². The molecule has 2 N–H and O–H groups in total. The lowest BCUT2D eigenvalue weighted by Gasteiger charge is -2.27. The molecule has 0 spiro atoms. The van der Waals surface area contributed by atoms with E-state index in [0.717, 1.165) is 23.2 Å². The van der Waals surface area contributed by atoms with Gasteiger partial charge in [-0.05, 0) is 43.5 Å². The zero-order chi connectivity index (χ0) is 20.3. The van der Waals surface area contributed by atoms with Gasteiger partial charge in [-0.15, -0.1) is 0 Å². The van der Waals surface area contributed by atoms with Crippen molar-refractivity contribution < 1.29 is 9.59 Å². The third kappa shape index (κ3) is 4.03. The molecule has 2 atom stereocenters. The molecule has 2 aromatic carbocycles. The van der Waals surface area contributed by atoms with Crippen LogP contribution in [0.4, 0.5) is 5.69 Å². The molecule has 0 fully saturated rings. The molecule has 0 unspecified atom stereocenters. The fourth-order valence-corrected chi connectivity index (χ4v) is 3.36. The van der Waals surface area contributed by atoms with Crippen molar-refractivity contribution in [3.8, 4) is 0 Å². The Morgan fingerprint density at radius 3 is 2.57 bits per heavy atom. The SMILES string of the molecule is CCCN1C(=O)c2ccccc2[C@H]1Nc1cccc(C(=O)N[C@H](C)C(C)C)c1. The highest BCUT2D eigenvalue weighted by Crippen LogP contribution is 2.34. The van der Waals surface area contributed by atoms with E-state index in [0.29, 0.717) is 18.0 Å². The predicted molar refractivity (Wildman–Crippen MR) is 112 cm³/mol. The first kappa shape index (κ1) is 19.9. The molecule has 148 valence electrons. The highest BCUT2D eigenvalue weighted by atomic mass is 16.2.